The smallest absolute Gasteiger partial charge is 0.271 e. The van der Waals surface area contributed by atoms with Crippen LogP contribution in [0.15, 0.2) is 22.5 Å². The Morgan fingerprint density at radius 2 is 2.30 bits per heavy atom. The van der Waals surface area contributed by atoms with E-state index in [1.54, 1.807) is 6.07 Å². The Morgan fingerprint density at radius 1 is 1.50 bits per heavy atom. The van der Waals surface area contributed by atoms with Crippen molar-refractivity contribution in [1.29, 1.82) is 0 Å². The molecule has 3 rings (SSSR count). The maximum atomic E-state index is 12.3. The number of halogens is 1. The summed E-state index contributed by atoms with van der Waals surface area (Å²) in [5.41, 5.74) is 0.561. The van der Waals surface area contributed by atoms with Gasteiger partial charge in [0.2, 0.25) is 0 Å². The van der Waals surface area contributed by atoms with Gasteiger partial charge in [0.15, 0.2) is 4.34 Å². The molecule has 1 aromatic carbocycles. The predicted octanol–water partition coefficient (Wildman–Crippen LogP) is 2.10. The van der Waals surface area contributed by atoms with Crippen LogP contribution in [0.3, 0.4) is 0 Å². The highest BCUT2D eigenvalue weighted by molar-refractivity contribution is 7.88. The molecule has 1 saturated heterocycles. The highest BCUT2D eigenvalue weighted by Gasteiger charge is 2.25. The third-order valence-electron chi connectivity index (χ3n) is 3.05. The highest BCUT2D eigenvalue weighted by Crippen LogP contribution is 2.29. The van der Waals surface area contributed by atoms with E-state index < -0.39 is 15.7 Å². The summed E-state index contributed by atoms with van der Waals surface area (Å²) in [6.45, 7) is 1.62. The van der Waals surface area contributed by atoms with Gasteiger partial charge < -0.3 is 5.32 Å². The van der Waals surface area contributed by atoms with E-state index in [2.05, 4.69) is 10.3 Å². The summed E-state index contributed by atoms with van der Waals surface area (Å²) in [7, 11) is -1.13. The van der Waals surface area contributed by atoms with Crippen molar-refractivity contribution >= 4 is 50.4 Å². The first kappa shape index (κ1) is 15.3. The summed E-state index contributed by atoms with van der Waals surface area (Å²) in [6, 6.07) is 4.54. The van der Waals surface area contributed by atoms with Gasteiger partial charge in [-0.2, -0.15) is 0 Å². The number of hydrogen-bond acceptors (Lipinski definition) is 6. The average molecular weight is 334 g/mol. The van der Waals surface area contributed by atoms with Crippen LogP contribution in [0.5, 0.6) is 0 Å². The third kappa shape index (κ3) is 2.83. The summed E-state index contributed by atoms with van der Waals surface area (Å²) in [4.78, 5) is 14.5. The van der Waals surface area contributed by atoms with Crippen LogP contribution in [-0.2, 0) is 10.8 Å². The first-order valence-electron chi connectivity index (χ1n) is 5.81. The summed E-state index contributed by atoms with van der Waals surface area (Å²) in [5, 5.41) is 14.0. The van der Waals surface area contributed by atoms with E-state index in [0.29, 0.717) is 9.86 Å². The number of non-ortho nitro benzene ring substituents is 1. The molecule has 0 bridgehead atoms. The molecule has 1 unspecified atom stereocenters. The van der Waals surface area contributed by atoms with Gasteiger partial charge in [-0.3, -0.25) is 14.3 Å². The Hall–Kier alpha value is -1.09. The SMILES string of the molecule is Cl.O=[N+]([O-])c1ccc2sc(S(=O)[C@@H]3CCNC3)nc2c1. The Bertz CT molecular complexity index is 670. The van der Waals surface area contributed by atoms with Crippen LogP contribution in [0, 0.1) is 10.1 Å². The van der Waals surface area contributed by atoms with Crippen molar-refractivity contribution in [3.8, 4) is 0 Å². The van der Waals surface area contributed by atoms with E-state index in [4.69, 9.17) is 0 Å². The molecule has 0 amide bonds. The summed E-state index contributed by atoms with van der Waals surface area (Å²) >= 11 is 1.35. The van der Waals surface area contributed by atoms with Gasteiger partial charge in [-0.1, -0.05) is 0 Å². The van der Waals surface area contributed by atoms with E-state index >= 15 is 0 Å². The fourth-order valence-corrected chi connectivity index (χ4v) is 4.81. The van der Waals surface area contributed by atoms with Crippen molar-refractivity contribution in [2.24, 2.45) is 0 Å². The fraction of sp³-hybridized carbons (Fsp3) is 0.364. The number of hydrogen-bond donors (Lipinski definition) is 1. The number of aromatic nitrogens is 1. The Labute approximate surface area is 127 Å². The first-order chi connectivity index (χ1) is 9.15. The van der Waals surface area contributed by atoms with Crippen LogP contribution in [0.1, 0.15) is 6.42 Å². The number of thiazole rings is 1. The van der Waals surface area contributed by atoms with Gasteiger partial charge in [-0.15, -0.1) is 23.7 Å². The maximum Gasteiger partial charge on any atom is 0.271 e. The number of benzene rings is 1. The fourth-order valence-electron chi connectivity index (χ4n) is 2.05. The van der Waals surface area contributed by atoms with E-state index in [9.17, 15) is 14.3 Å². The van der Waals surface area contributed by atoms with Crippen LogP contribution < -0.4 is 5.32 Å². The second-order valence-corrected chi connectivity index (χ2v) is 7.24. The van der Waals surface area contributed by atoms with Crippen molar-refractivity contribution in [3.63, 3.8) is 0 Å². The molecular weight excluding hydrogens is 322 g/mol. The highest BCUT2D eigenvalue weighted by atomic mass is 35.5. The Balaban J connectivity index is 0.00000147. The topological polar surface area (TPSA) is 85.1 Å². The normalized spacial score (nSPS) is 19.7. The zero-order chi connectivity index (χ0) is 13.4. The maximum absolute atomic E-state index is 12.3. The molecule has 2 heterocycles. The van der Waals surface area contributed by atoms with Crippen molar-refractivity contribution in [2.45, 2.75) is 16.0 Å². The molecule has 20 heavy (non-hydrogen) atoms. The average Bonchev–Trinajstić information content (AvgIpc) is 3.06. The van der Waals surface area contributed by atoms with Gasteiger partial charge in [-0.25, -0.2) is 4.98 Å². The summed E-state index contributed by atoms with van der Waals surface area (Å²) < 4.78 is 13.7. The third-order valence-corrected chi connectivity index (χ3v) is 6.07. The van der Waals surface area contributed by atoms with Crippen molar-refractivity contribution in [2.75, 3.05) is 13.1 Å². The van der Waals surface area contributed by atoms with Crippen molar-refractivity contribution < 1.29 is 9.13 Å². The number of rotatable bonds is 3. The van der Waals surface area contributed by atoms with Crippen LogP contribution >= 0.6 is 23.7 Å². The van der Waals surface area contributed by atoms with Gasteiger partial charge in [-0.05, 0) is 19.0 Å². The Morgan fingerprint density at radius 3 is 2.95 bits per heavy atom. The second kappa shape index (κ2) is 6.13. The number of nitrogens with zero attached hydrogens (tertiary/aromatic N) is 2. The molecule has 6 nitrogen and oxygen atoms in total. The number of nitro groups is 1. The van der Waals surface area contributed by atoms with Crippen molar-refractivity contribution in [1.82, 2.24) is 10.3 Å². The first-order valence-corrected chi connectivity index (χ1v) is 7.84. The lowest BCUT2D eigenvalue weighted by atomic mass is 10.3. The molecule has 0 saturated carbocycles. The molecule has 2 atom stereocenters. The molecule has 0 aliphatic carbocycles. The van der Waals surface area contributed by atoms with E-state index in [-0.39, 0.29) is 23.3 Å². The largest absolute Gasteiger partial charge is 0.315 e. The molecular formula is C11H12ClN3O3S2. The molecule has 1 fully saturated rings. The lowest BCUT2D eigenvalue weighted by molar-refractivity contribution is -0.384. The number of nitrogens with one attached hydrogen (secondary N) is 1. The molecule has 1 aliphatic rings. The molecule has 108 valence electrons. The van der Waals surface area contributed by atoms with Crippen molar-refractivity contribution in [3.05, 3.63) is 28.3 Å². The molecule has 1 aromatic heterocycles. The lowest BCUT2D eigenvalue weighted by Gasteiger charge is -2.03. The molecule has 9 heteroatoms. The van der Waals surface area contributed by atoms with Crippen LogP contribution in [-0.4, -0.2) is 32.5 Å². The monoisotopic (exact) mass is 333 g/mol. The molecule has 0 spiro atoms. The van der Waals surface area contributed by atoms with Gasteiger partial charge in [0.05, 0.1) is 31.2 Å². The zero-order valence-electron chi connectivity index (χ0n) is 10.3. The second-order valence-electron chi connectivity index (χ2n) is 4.30. The predicted molar refractivity (Wildman–Crippen MR) is 81.2 cm³/mol. The minimum absolute atomic E-state index is 0. The van der Waals surface area contributed by atoms with E-state index in [1.165, 1.54) is 23.5 Å². The van der Waals surface area contributed by atoms with Crippen LogP contribution in [0.25, 0.3) is 10.2 Å². The standard InChI is InChI=1S/C11H11N3O3S2.ClH/c15-14(16)7-1-2-10-9(5-7)13-11(18-10)19(17)8-3-4-12-6-8;/h1-2,5,8,12H,3-4,6H2;1H/t8-,19?;/m1./s1. The van der Waals surface area contributed by atoms with Crippen LogP contribution in [0.2, 0.25) is 0 Å². The number of fused-ring (bicyclic) bond motifs is 1. The summed E-state index contributed by atoms with van der Waals surface area (Å²) in [6.07, 6.45) is 0.878. The summed E-state index contributed by atoms with van der Waals surface area (Å²) in [5.74, 6) is 0. The number of nitro benzene ring substituents is 1. The lowest BCUT2D eigenvalue weighted by Crippen LogP contribution is -2.18. The van der Waals surface area contributed by atoms with Gasteiger partial charge >= 0.3 is 0 Å². The minimum atomic E-state index is -1.13. The zero-order valence-corrected chi connectivity index (χ0v) is 12.7. The molecule has 2 aromatic rings. The van der Waals surface area contributed by atoms with Gasteiger partial charge in [0.1, 0.15) is 0 Å². The molecule has 1 aliphatic heterocycles. The Kier molecular flexibility index (Phi) is 4.69. The van der Waals surface area contributed by atoms with E-state index in [1.807, 2.05) is 0 Å². The molecule has 0 radical (unpaired) electrons. The molecule has 1 N–H and O–H groups in total. The van der Waals surface area contributed by atoms with Crippen LogP contribution in [0.4, 0.5) is 5.69 Å². The van der Waals surface area contributed by atoms with Gasteiger partial charge in [0.25, 0.3) is 5.69 Å². The van der Waals surface area contributed by atoms with E-state index in [0.717, 1.165) is 24.2 Å². The van der Waals surface area contributed by atoms with Gasteiger partial charge in [0, 0.05) is 18.7 Å². The quantitative estimate of drug-likeness (QED) is 0.686. The minimum Gasteiger partial charge on any atom is -0.315 e.